The van der Waals surface area contributed by atoms with Crippen molar-refractivity contribution in [3.8, 4) is 0 Å². The van der Waals surface area contributed by atoms with Gasteiger partial charge in [0.1, 0.15) is 12.1 Å². The molecule has 1 aromatic heterocycles. The predicted molar refractivity (Wildman–Crippen MR) is 74.4 cm³/mol. The number of halogens is 1. The van der Waals surface area contributed by atoms with Crippen LogP contribution in [0.1, 0.15) is 44.8 Å². The van der Waals surface area contributed by atoms with Gasteiger partial charge in [0.2, 0.25) is 5.89 Å². The number of nitrogens with one attached hydrogen (secondary N) is 1. The standard InChI is InChI=1S/C12H17N5O3.ClH/c1-11(2)9(18)15-10(19)17(11)6-7-14-8(16-20-7)12(13)4-3-5-12;/h3-6,13H2,1-2H3,(H,15,18,19);1H. The molecule has 2 heterocycles. The summed E-state index contributed by atoms with van der Waals surface area (Å²) in [6.45, 7) is 3.43. The van der Waals surface area contributed by atoms with Crippen LogP contribution < -0.4 is 11.1 Å². The number of hydrogen-bond donors (Lipinski definition) is 2. The molecule has 0 aromatic carbocycles. The van der Waals surface area contributed by atoms with Crippen LogP contribution in [0.2, 0.25) is 0 Å². The van der Waals surface area contributed by atoms with Crippen LogP contribution in [0.15, 0.2) is 4.52 Å². The van der Waals surface area contributed by atoms with Crippen molar-refractivity contribution in [2.75, 3.05) is 0 Å². The van der Waals surface area contributed by atoms with E-state index >= 15 is 0 Å². The summed E-state index contributed by atoms with van der Waals surface area (Å²) in [4.78, 5) is 29.1. The van der Waals surface area contributed by atoms with E-state index in [0.717, 1.165) is 19.3 Å². The van der Waals surface area contributed by atoms with Gasteiger partial charge in [-0.2, -0.15) is 4.98 Å². The second-order valence-electron chi connectivity index (χ2n) is 5.93. The Morgan fingerprint density at radius 1 is 1.38 bits per heavy atom. The van der Waals surface area contributed by atoms with Gasteiger partial charge in [-0.05, 0) is 33.1 Å². The van der Waals surface area contributed by atoms with Gasteiger partial charge in [0, 0.05) is 0 Å². The van der Waals surface area contributed by atoms with Crippen molar-refractivity contribution in [1.82, 2.24) is 20.4 Å². The zero-order chi connectivity index (χ0) is 14.5. The van der Waals surface area contributed by atoms with Crippen LogP contribution in [-0.2, 0) is 16.9 Å². The number of carbonyl (C=O) groups excluding carboxylic acids is 2. The highest BCUT2D eigenvalue weighted by Crippen LogP contribution is 2.37. The summed E-state index contributed by atoms with van der Waals surface area (Å²) in [5.41, 5.74) is 4.69. The van der Waals surface area contributed by atoms with Crippen molar-refractivity contribution < 1.29 is 14.1 Å². The van der Waals surface area contributed by atoms with Gasteiger partial charge in [0.25, 0.3) is 5.91 Å². The summed E-state index contributed by atoms with van der Waals surface area (Å²) in [5.74, 6) is 0.425. The monoisotopic (exact) mass is 315 g/mol. The molecule has 0 unspecified atom stereocenters. The molecule has 116 valence electrons. The summed E-state index contributed by atoms with van der Waals surface area (Å²) < 4.78 is 5.15. The van der Waals surface area contributed by atoms with Gasteiger partial charge in [0.15, 0.2) is 5.82 Å². The maximum absolute atomic E-state index is 11.8. The van der Waals surface area contributed by atoms with E-state index in [9.17, 15) is 9.59 Å². The van der Waals surface area contributed by atoms with Crippen molar-refractivity contribution >= 4 is 24.3 Å². The summed E-state index contributed by atoms with van der Waals surface area (Å²) in [5, 5.41) is 6.16. The number of rotatable bonds is 3. The zero-order valence-electron chi connectivity index (χ0n) is 11.9. The highest BCUT2D eigenvalue weighted by molar-refractivity contribution is 6.06. The zero-order valence-corrected chi connectivity index (χ0v) is 12.7. The molecule has 3 N–H and O–H groups in total. The van der Waals surface area contributed by atoms with Crippen molar-refractivity contribution in [3.63, 3.8) is 0 Å². The number of hydrogen-bond acceptors (Lipinski definition) is 6. The third-order valence-electron chi connectivity index (χ3n) is 4.15. The highest BCUT2D eigenvalue weighted by Gasteiger charge is 2.46. The van der Waals surface area contributed by atoms with Crippen LogP contribution >= 0.6 is 12.4 Å². The smallest absolute Gasteiger partial charge is 0.325 e. The molecule has 0 radical (unpaired) electrons. The number of imide groups is 1. The first-order valence-electron chi connectivity index (χ1n) is 6.58. The van der Waals surface area contributed by atoms with Crippen LogP contribution in [0.4, 0.5) is 4.79 Å². The molecule has 1 aliphatic heterocycles. The van der Waals surface area contributed by atoms with Crippen LogP contribution in [0.5, 0.6) is 0 Å². The fourth-order valence-electron chi connectivity index (χ4n) is 2.40. The number of nitrogens with zero attached hydrogens (tertiary/aromatic N) is 3. The molecule has 9 heteroatoms. The Hall–Kier alpha value is -1.67. The lowest BCUT2D eigenvalue weighted by molar-refractivity contribution is -0.125. The average Bonchev–Trinajstić information content (AvgIpc) is 2.87. The van der Waals surface area contributed by atoms with Gasteiger partial charge < -0.3 is 15.2 Å². The van der Waals surface area contributed by atoms with Crippen LogP contribution in [0.3, 0.4) is 0 Å². The third-order valence-corrected chi connectivity index (χ3v) is 4.15. The maximum Gasteiger partial charge on any atom is 0.325 e. The highest BCUT2D eigenvalue weighted by atomic mass is 35.5. The lowest BCUT2D eigenvalue weighted by Crippen LogP contribution is -2.44. The van der Waals surface area contributed by atoms with Gasteiger partial charge >= 0.3 is 6.03 Å². The van der Waals surface area contributed by atoms with E-state index in [0.29, 0.717) is 5.82 Å². The van der Waals surface area contributed by atoms with Crippen molar-refractivity contribution in [3.05, 3.63) is 11.7 Å². The summed E-state index contributed by atoms with van der Waals surface area (Å²) in [6, 6.07) is -0.453. The van der Waals surface area contributed by atoms with E-state index in [1.165, 1.54) is 4.90 Å². The Kier molecular flexibility index (Phi) is 3.71. The Labute approximate surface area is 127 Å². The lowest BCUT2D eigenvalue weighted by atomic mass is 9.77. The largest absolute Gasteiger partial charge is 0.337 e. The van der Waals surface area contributed by atoms with Crippen molar-refractivity contribution in [2.45, 2.75) is 50.7 Å². The van der Waals surface area contributed by atoms with Crippen molar-refractivity contribution in [2.24, 2.45) is 5.73 Å². The van der Waals surface area contributed by atoms with Crippen LogP contribution in [0, 0.1) is 0 Å². The fraction of sp³-hybridized carbons (Fsp3) is 0.667. The SMILES string of the molecule is CC1(C)C(=O)NC(=O)N1Cc1nc(C2(N)CCC2)no1.Cl. The first kappa shape index (κ1) is 15.7. The topological polar surface area (TPSA) is 114 Å². The molecular formula is C12H18ClN5O3. The van der Waals surface area contributed by atoms with E-state index in [-0.39, 0.29) is 30.7 Å². The van der Waals surface area contributed by atoms with E-state index in [4.69, 9.17) is 10.3 Å². The molecule has 2 fully saturated rings. The third kappa shape index (κ3) is 2.38. The van der Waals surface area contributed by atoms with Gasteiger partial charge in [0.05, 0.1) is 5.54 Å². The molecule has 1 saturated heterocycles. The molecule has 1 aliphatic carbocycles. The molecule has 0 atom stereocenters. The molecule has 21 heavy (non-hydrogen) atoms. The summed E-state index contributed by atoms with van der Waals surface area (Å²) >= 11 is 0. The number of aromatic nitrogens is 2. The molecule has 3 amide bonds. The molecule has 0 bridgehead atoms. The minimum Gasteiger partial charge on any atom is -0.337 e. The van der Waals surface area contributed by atoms with Gasteiger partial charge in [-0.15, -0.1) is 12.4 Å². The second-order valence-corrected chi connectivity index (χ2v) is 5.93. The van der Waals surface area contributed by atoms with Gasteiger partial charge in [-0.3, -0.25) is 10.1 Å². The summed E-state index contributed by atoms with van der Waals surface area (Å²) in [6.07, 6.45) is 2.72. The molecule has 3 rings (SSSR count). The second kappa shape index (κ2) is 4.96. The molecule has 8 nitrogen and oxygen atoms in total. The number of urea groups is 1. The van der Waals surface area contributed by atoms with E-state index in [2.05, 4.69) is 15.5 Å². The van der Waals surface area contributed by atoms with Gasteiger partial charge in [-0.25, -0.2) is 4.79 Å². The Bertz CT molecular complexity index is 581. The van der Waals surface area contributed by atoms with E-state index < -0.39 is 17.1 Å². The quantitative estimate of drug-likeness (QED) is 0.792. The lowest BCUT2D eigenvalue weighted by Gasteiger charge is -2.34. The molecule has 1 saturated carbocycles. The van der Waals surface area contributed by atoms with Crippen molar-refractivity contribution in [1.29, 1.82) is 0 Å². The minimum absolute atomic E-state index is 0. The molecule has 1 aromatic rings. The summed E-state index contributed by atoms with van der Waals surface area (Å²) in [7, 11) is 0. The Morgan fingerprint density at radius 2 is 2.05 bits per heavy atom. The predicted octanol–water partition coefficient (Wildman–Crippen LogP) is 0.660. The maximum atomic E-state index is 11.8. The van der Waals surface area contributed by atoms with Crippen LogP contribution in [-0.4, -0.2) is 32.5 Å². The number of amides is 3. The minimum atomic E-state index is -0.928. The Balaban J connectivity index is 0.00000161. The molecule has 2 aliphatic rings. The first-order valence-corrected chi connectivity index (χ1v) is 6.58. The van der Waals surface area contributed by atoms with Crippen LogP contribution in [0.25, 0.3) is 0 Å². The number of nitrogens with two attached hydrogens (primary N) is 1. The van der Waals surface area contributed by atoms with Gasteiger partial charge in [-0.1, -0.05) is 5.16 Å². The normalized spacial score (nSPS) is 22.5. The van der Waals surface area contributed by atoms with E-state index in [1.54, 1.807) is 13.8 Å². The fourth-order valence-corrected chi connectivity index (χ4v) is 2.40. The average molecular weight is 316 g/mol. The number of carbonyl (C=O) groups is 2. The first-order chi connectivity index (χ1) is 9.33. The van der Waals surface area contributed by atoms with E-state index in [1.807, 2.05) is 0 Å². The molecule has 0 spiro atoms. The Morgan fingerprint density at radius 3 is 2.52 bits per heavy atom. The molecular weight excluding hydrogens is 298 g/mol.